The molecular weight excluding hydrogens is 328 g/mol. The molecule has 0 saturated carbocycles. The van der Waals surface area contributed by atoms with Gasteiger partial charge in [-0.05, 0) is 68.2 Å². The molecule has 0 amide bonds. The number of hydrogen-bond acceptors (Lipinski definition) is 2. The van der Waals surface area contributed by atoms with E-state index in [1.807, 2.05) is 27.7 Å². The summed E-state index contributed by atoms with van der Waals surface area (Å²) in [6.07, 6.45) is 0.735. The molecule has 1 heterocycles. The van der Waals surface area contributed by atoms with Gasteiger partial charge in [-0.15, -0.1) is 0 Å². The maximum Gasteiger partial charge on any atom is 0.168 e. The zero-order chi connectivity index (χ0) is 14.4. The Bertz CT molecular complexity index is 523. The quantitative estimate of drug-likeness (QED) is 0.714. The molecule has 2 nitrogen and oxygen atoms in total. The number of hydrogen-bond donors (Lipinski definition) is 0. The molecular formula is C15H18BrClO2. The zero-order valence-corrected chi connectivity index (χ0v) is 13.9. The van der Waals surface area contributed by atoms with E-state index >= 15 is 0 Å². The van der Waals surface area contributed by atoms with Crippen molar-refractivity contribution >= 4 is 33.3 Å². The van der Waals surface area contributed by atoms with E-state index in [4.69, 9.17) is 16.3 Å². The number of Topliss-reactive ketones (excluding diaryl/α,β-unsaturated/α-hetero) is 1. The van der Waals surface area contributed by atoms with E-state index in [1.165, 1.54) is 0 Å². The summed E-state index contributed by atoms with van der Waals surface area (Å²) in [6.45, 7) is 8.02. The summed E-state index contributed by atoms with van der Waals surface area (Å²) in [7, 11) is 0. The van der Waals surface area contributed by atoms with Gasteiger partial charge in [0, 0.05) is 10.0 Å². The lowest BCUT2D eigenvalue weighted by molar-refractivity contribution is -0.0712. The minimum absolute atomic E-state index is 0.118. The molecule has 0 spiro atoms. The van der Waals surface area contributed by atoms with Crippen LogP contribution >= 0.6 is 27.5 Å². The van der Waals surface area contributed by atoms with Gasteiger partial charge in [0.1, 0.15) is 0 Å². The highest BCUT2D eigenvalue weighted by Gasteiger charge is 2.49. The minimum Gasteiger partial charge on any atom is -0.369 e. The average Bonchev–Trinajstić information content (AvgIpc) is 2.49. The molecule has 1 aromatic rings. The van der Waals surface area contributed by atoms with E-state index in [0.717, 1.165) is 10.9 Å². The number of rotatable bonds is 2. The van der Waals surface area contributed by atoms with Gasteiger partial charge < -0.3 is 4.74 Å². The molecule has 4 heteroatoms. The third-order valence-corrected chi connectivity index (χ3v) is 4.81. The van der Waals surface area contributed by atoms with Gasteiger partial charge in [-0.1, -0.05) is 11.6 Å². The Morgan fingerprint density at radius 3 is 2.47 bits per heavy atom. The standard InChI is InChI=1S/C15H18BrClO2/c1-14(2)8-10(15(3,4)19-14)13(18)9-5-6-12(17)11(16)7-9/h5-7,10H,8H2,1-4H3. The lowest BCUT2D eigenvalue weighted by atomic mass is 9.82. The van der Waals surface area contributed by atoms with Gasteiger partial charge in [0.2, 0.25) is 0 Å². The molecule has 1 aromatic carbocycles. The molecule has 1 atom stereocenters. The summed E-state index contributed by atoms with van der Waals surface area (Å²) in [5.74, 6) is -0.0106. The Labute approximate surface area is 127 Å². The lowest BCUT2D eigenvalue weighted by Gasteiger charge is -2.26. The van der Waals surface area contributed by atoms with E-state index in [2.05, 4.69) is 15.9 Å². The Hall–Kier alpha value is -0.380. The molecule has 1 saturated heterocycles. The van der Waals surface area contributed by atoms with Gasteiger partial charge in [-0.25, -0.2) is 0 Å². The summed E-state index contributed by atoms with van der Waals surface area (Å²) in [5, 5.41) is 0.610. The number of carbonyl (C=O) groups is 1. The van der Waals surface area contributed by atoms with Crippen molar-refractivity contribution in [2.24, 2.45) is 5.92 Å². The van der Waals surface area contributed by atoms with Crippen molar-refractivity contribution in [1.29, 1.82) is 0 Å². The van der Waals surface area contributed by atoms with Crippen molar-refractivity contribution in [3.8, 4) is 0 Å². The topological polar surface area (TPSA) is 26.3 Å². The van der Waals surface area contributed by atoms with Crippen LogP contribution in [0.25, 0.3) is 0 Å². The molecule has 0 bridgehead atoms. The van der Waals surface area contributed by atoms with Crippen molar-refractivity contribution < 1.29 is 9.53 Å². The predicted molar refractivity (Wildman–Crippen MR) is 80.8 cm³/mol. The lowest BCUT2D eigenvalue weighted by Crippen LogP contribution is -2.33. The van der Waals surface area contributed by atoms with Crippen molar-refractivity contribution in [2.75, 3.05) is 0 Å². The first-order chi connectivity index (χ1) is 8.62. The van der Waals surface area contributed by atoms with Crippen LogP contribution in [0.1, 0.15) is 44.5 Å². The van der Waals surface area contributed by atoms with Crippen LogP contribution in [0.5, 0.6) is 0 Å². The van der Waals surface area contributed by atoms with E-state index in [9.17, 15) is 4.79 Å². The minimum atomic E-state index is -0.438. The van der Waals surface area contributed by atoms with E-state index in [1.54, 1.807) is 18.2 Å². The molecule has 1 unspecified atom stereocenters. The van der Waals surface area contributed by atoms with Gasteiger partial charge in [-0.2, -0.15) is 0 Å². The summed E-state index contributed by atoms with van der Waals surface area (Å²) in [4.78, 5) is 12.7. The van der Waals surface area contributed by atoms with Crippen LogP contribution in [0.2, 0.25) is 5.02 Å². The summed E-state index contributed by atoms with van der Waals surface area (Å²) >= 11 is 9.32. The van der Waals surface area contributed by atoms with Gasteiger partial charge in [0.05, 0.1) is 22.1 Å². The average molecular weight is 346 g/mol. The molecule has 0 N–H and O–H groups in total. The van der Waals surface area contributed by atoms with Gasteiger partial charge in [0.15, 0.2) is 5.78 Å². The first-order valence-corrected chi connectivity index (χ1v) is 7.49. The van der Waals surface area contributed by atoms with Crippen molar-refractivity contribution in [3.63, 3.8) is 0 Å². The number of benzene rings is 1. The summed E-state index contributed by atoms with van der Waals surface area (Å²) in [5.41, 5.74) is -0.0177. The molecule has 0 aliphatic carbocycles. The fourth-order valence-electron chi connectivity index (χ4n) is 2.82. The highest BCUT2D eigenvalue weighted by Crippen LogP contribution is 2.43. The SMILES string of the molecule is CC1(C)CC(C(=O)c2ccc(Cl)c(Br)c2)C(C)(C)O1. The number of halogens is 2. The second kappa shape index (κ2) is 4.87. The molecule has 1 aliphatic rings. The maximum atomic E-state index is 12.7. The first-order valence-electron chi connectivity index (χ1n) is 6.32. The highest BCUT2D eigenvalue weighted by molar-refractivity contribution is 9.10. The van der Waals surface area contributed by atoms with Crippen LogP contribution in [0.4, 0.5) is 0 Å². The van der Waals surface area contributed by atoms with Crippen molar-refractivity contribution in [1.82, 2.24) is 0 Å². The predicted octanol–water partition coefficient (Wildman–Crippen LogP) is 4.88. The smallest absolute Gasteiger partial charge is 0.168 e. The van der Waals surface area contributed by atoms with Crippen molar-refractivity contribution in [3.05, 3.63) is 33.3 Å². The highest BCUT2D eigenvalue weighted by atomic mass is 79.9. The molecule has 1 fully saturated rings. The fourth-order valence-corrected chi connectivity index (χ4v) is 3.32. The monoisotopic (exact) mass is 344 g/mol. The van der Waals surface area contributed by atoms with Crippen LogP contribution in [0, 0.1) is 5.92 Å². The Morgan fingerprint density at radius 1 is 1.37 bits per heavy atom. The second-order valence-electron chi connectivity index (χ2n) is 6.22. The summed E-state index contributed by atoms with van der Waals surface area (Å²) in [6, 6.07) is 5.30. The fraction of sp³-hybridized carbons (Fsp3) is 0.533. The number of carbonyl (C=O) groups excluding carboxylic acids is 1. The van der Waals surface area contributed by atoms with Gasteiger partial charge in [-0.3, -0.25) is 4.79 Å². The Balaban J connectivity index is 2.31. The third-order valence-electron chi connectivity index (χ3n) is 3.59. The van der Waals surface area contributed by atoms with Crippen LogP contribution in [-0.4, -0.2) is 17.0 Å². The molecule has 19 heavy (non-hydrogen) atoms. The van der Waals surface area contributed by atoms with Crippen LogP contribution in [0.15, 0.2) is 22.7 Å². The molecule has 1 aliphatic heterocycles. The molecule has 104 valence electrons. The number of ketones is 1. The Kier molecular flexibility index (Phi) is 3.85. The first kappa shape index (κ1) is 15.0. The third kappa shape index (κ3) is 3.04. The van der Waals surface area contributed by atoms with Crippen LogP contribution < -0.4 is 0 Å². The Morgan fingerprint density at radius 2 is 2.00 bits per heavy atom. The second-order valence-corrected chi connectivity index (χ2v) is 7.48. The normalized spacial score (nSPS) is 24.4. The van der Waals surface area contributed by atoms with E-state index in [0.29, 0.717) is 10.6 Å². The largest absolute Gasteiger partial charge is 0.369 e. The zero-order valence-electron chi connectivity index (χ0n) is 11.6. The van der Waals surface area contributed by atoms with Gasteiger partial charge in [0.25, 0.3) is 0 Å². The van der Waals surface area contributed by atoms with E-state index in [-0.39, 0.29) is 17.3 Å². The molecule has 2 rings (SSSR count). The van der Waals surface area contributed by atoms with E-state index < -0.39 is 5.60 Å². The summed E-state index contributed by atoms with van der Waals surface area (Å²) < 4.78 is 6.73. The van der Waals surface area contributed by atoms with Crippen LogP contribution in [-0.2, 0) is 4.74 Å². The molecule has 0 aromatic heterocycles. The molecule has 0 radical (unpaired) electrons. The van der Waals surface area contributed by atoms with Crippen LogP contribution in [0.3, 0.4) is 0 Å². The van der Waals surface area contributed by atoms with Crippen molar-refractivity contribution in [2.45, 2.75) is 45.3 Å². The number of ether oxygens (including phenoxy) is 1. The maximum absolute atomic E-state index is 12.7. The van der Waals surface area contributed by atoms with Gasteiger partial charge >= 0.3 is 0 Å².